The van der Waals surface area contributed by atoms with Gasteiger partial charge in [0.1, 0.15) is 46.1 Å². The van der Waals surface area contributed by atoms with Gasteiger partial charge in [-0.3, -0.25) is 19.1 Å². The van der Waals surface area contributed by atoms with E-state index in [4.69, 9.17) is 14.2 Å². The highest BCUT2D eigenvalue weighted by atomic mass is 32.2. The number of allylic oxidation sites excluding steroid dienone is 1. The maximum absolute atomic E-state index is 14.6. The third-order valence-electron chi connectivity index (χ3n) is 10.1. The number of rotatable bonds is 7. The number of fused-ring (bicyclic) bond motifs is 3. The Morgan fingerprint density at radius 3 is 2.56 bits per heavy atom. The van der Waals surface area contributed by atoms with Crippen LogP contribution in [0, 0.1) is 17.8 Å². The van der Waals surface area contributed by atoms with Crippen LogP contribution in [0.1, 0.15) is 79.6 Å². The van der Waals surface area contributed by atoms with E-state index >= 15 is 0 Å². The molecule has 15 heteroatoms. The lowest BCUT2D eigenvalue weighted by atomic mass is 9.92. The van der Waals surface area contributed by atoms with Gasteiger partial charge in [-0.2, -0.15) is 0 Å². The Bertz CT molecular complexity index is 1760. The number of hydrogen-bond acceptors (Lipinski definition) is 10. The predicted octanol–water partition coefficient (Wildman–Crippen LogP) is 3.71. The van der Waals surface area contributed by atoms with Crippen LogP contribution in [-0.2, 0) is 30.1 Å². The van der Waals surface area contributed by atoms with E-state index in [1.54, 1.807) is 46.1 Å². The number of methoxy groups -OCH3 is 1. The normalized spacial score (nSPS) is 30.8. The fourth-order valence-electron chi connectivity index (χ4n) is 6.94. The Kier molecular flexibility index (Phi) is 10.8. The van der Waals surface area contributed by atoms with Crippen molar-refractivity contribution in [2.45, 2.75) is 114 Å². The van der Waals surface area contributed by atoms with Gasteiger partial charge in [0.05, 0.1) is 36.1 Å². The Morgan fingerprint density at radius 1 is 1.08 bits per heavy atom. The molecular weight excluding hydrogens is 689 g/mol. The second kappa shape index (κ2) is 15.0. The van der Waals surface area contributed by atoms with Crippen molar-refractivity contribution in [2.24, 2.45) is 17.8 Å². The van der Waals surface area contributed by atoms with E-state index in [1.807, 2.05) is 13.0 Å². The van der Waals surface area contributed by atoms with Gasteiger partial charge in [0.2, 0.25) is 17.7 Å². The Hall–Kier alpha value is -4.27. The fraction of sp³-hybridized carbons (Fsp3) is 0.622. The molecule has 14 nitrogen and oxygen atoms in total. The van der Waals surface area contributed by atoms with Gasteiger partial charge in [0.15, 0.2) is 0 Å². The van der Waals surface area contributed by atoms with Crippen LogP contribution >= 0.6 is 0 Å². The summed E-state index contributed by atoms with van der Waals surface area (Å²) >= 11 is 0. The average molecular weight is 739 g/mol. The largest absolute Gasteiger partial charge is 0.497 e. The summed E-state index contributed by atoms with van der Waals surface area (Å²) in [6.07, 6.45) is 8.34. The summed E-state index contributed by atoms with van der Waals surface area (Å²) in [7, 11) is 0.0222. The molecule has 4 amide bonds. The third-order valence-corrected chi connectivity index (χ3v) is 11.6. The molecule has 1 saturated heterocycles. The van der Waals surface area contributed by atoms with Gasteiger partial charge in [-0.25, -0.2) is 19.0 Å². The van der Waals surface area contributed by atoms with Gasteiger partial charge >= 0.3 is 6.09 Å². The topological polar surface area (TPSA) is 178 Å². The number of nitrogens with one attached hydrogen (secondary N) is 3. The summed E-state index contributed by atoms with van der Waals surface area (Å²) in [6, 6.07) is 3.25. The zero-order chi connectivity index (χ0) is 37.4. The number of amides is 4. The fourth-order valence-corrected chi connectivity index (χ4v) is 8.04. The second-order valence-corrected chi connectivity index (χ2v) is 17.1. The number of aromatic nitrogens is 2. The first-order valence-corrected chi connectivity index (χ1v) is 19.4. The van der Waals surface area contributed by atoms with Crippen LogP contribution in [0.25, 0.3) is 11.0 Å². The molecule has 2 saturated carbocycles. The summed E-state index contributed by atoms with van der Waals surface area (Å²) in [6.45, 7) is 9.24. The van der Waals surface area contributed by atoms with Crippen molar-refractivity contribution in [3.8, 4) is 11.6 Å². The van der Waals surface area contributed by atoms with Crippen LogP contribution in [0.5, 0.6) is 11.6 Å². The minimum absolute atomic E-state index is 0.0176. The number of benzene rings is 1. The molecule has 0 radical (unpaired) electrons. The standard InChI is InChI=1S/C37H50N6O8S/c1-21-8-7-9-22(2)31(40-35(47)51-36(3,4)5)33(45)43-20-25(50-30-19-38-28-16-24(49-6)12-15-27(28)39-30)17-29(43)32(44)41-37(18-23(37)11-10-21)34(46)42-52(48)26-13-14-26/h10-12,15-16,19,21-23,25-26,29,31H,7-9,13-14,17-18,20H2,1-6H3,(H,40,47)(H,41,44)(H,42,46)/b11-10-/t21-,22+,23+,25+,29-,31-,37+,52?/m0/s1. The number of carbonyl (C=O) groups is 4. The molecule has 3 heterocycles. The monoisotopic (exact) mass is 738 g/mol. The molecule has 2 aliphatic carbocycles. The minimum atomic E-state index is -1.55. The average Bonchev–Trinajstić information content (AvgIpc) is 4.01. The van der Waals surface area contributed by atoms with Gasteiger partial charge in [-0.1, -0.05) is 32.4 Å². The Balaban J connectivity index is 1.31. The molecule has 2 aliphatic heterocycles. The molecule has 3 fully saturated rings. The summed E-state index contributed by atoms with van der Waals surface area (Å²) in [5.41, 5.74) is -0.913. The molecule has 4 aliphatic rings. The number of hydrogen-bond donors (Lipinski definition) is 3. The van der Waals surface area contributed by atoms with Crippen molar-refractivity contribution in [3.63, 3.8) is 0 Å². The first-order valence-electron chi connectivity index (χ1n) is 18.1. The van der Waals surface area contributed by atoms with E-state index in [1.165, 1.54) is 11.1 Å². The van der Waals surface area contributed by atoms with Crippen LogP contribution in [-0.4, -0.2) is 91.1 Å². The van der Waals surface area contributed by atoms with Crippen molar-refractivity contribution in [2.75, 3.05) is 13.7 Å². The quantitative estimate of drug-likeness (QED) is 0.355. The van der Waals surface area contributed by atoms with E-state index in [0.717, 1.165) is 25.7 Å². The molecule has 0 bridgehead atoms. The zero-order valence-corrected chi connectivity index (χ0v) is 31.5. The van der Waals surface area contributed by atoms with Crippen LogP contribution in [0.3, 0.4) is 0 Å². The lowest BCUT2D eigenvalue weighted by Gasteiger charge is -2.32. The molecule has 6 rings (SSSR count). The van der Waals surface area contributed by atoms with Crippen molar-refractivity contribution < 1.29 is 37.6 Å². The van der Waals surface area contributed by atoms with Gasteiger partial charge in [0.25, 0.3) is 5.91 Å². The van der Waals surface area contributed by atoms with Crippen LogP contribution in [0.2, 0.25) is 0 Å². The maximum Gasteiger partial charge on any atom is 0.408 e. The molecule has 2 aromatic rings. The maximum atomic E-state index is 14.6. The number of alkyl carbamates (subject to hydrolysis) is 1. The van der Waals surface area contributed by atoms with E-state index in [0.29, 0.717) is 29.6 Å². The number of carbonyl (C=O) groups excluding carboxylic acids is 4. The van der Waals surface area contributed by atoms with Crippen LogP contribution in [0.4, 0.5) is 4.79 Å². The number of ether oxygens (including phenoxy) is 3. The zero-order valence-electron chi connectivity index (χ0n) is 30.7. The number of nitrogens with zero attached hydrogens (tertiary/aromatic N) is 3. The van der Waals surface area contributed by atoms with Gasteiger partial charge in [-0.05, 0) is 76.8 Å². The van der Waals surface area contributed by atoms with Crippen molar-refractivity contribution >= 4 is 45.8 Å². The Labute approximate surface area is 306 Å². The summed E-state index contributed by atoms with van der Waals surface area (Å²) in [4.78, 5) is 66.3. The van der Waals surface area contributed by atoms with Crippen molar-refractivity contribution in [3.05, 3.63) is 36.5 Å². The molecule has 0 spiro atoms. The lowest BCUT2D eigenvalue weighted by molar-refractivity contribution is -0.142. The highest BCUT2D eigenvalue weighted by molar-refractivity contribution is 7.84. The van der Waals surface area contributed by atoms with E-state index in [2.05, 4.69) is 38.3 Å². The van der Waals surface area contributed by atoms with Crippen LogP contribution in [0.15, 0.2) is 36.5 Å². The third kappa shape index (κ3) is 8.67. The molecule has 1 unspecified atom stereocenters. The summed E-state index contributed by atoms with van der Waals surface area (Å²) in [5, 5.41) is 5.72. The smallest absolute Gasteiger partial charge is 0.408 e. The van der Waals surface area contributed by atoms with E-state index in [9.17, 15) is 23.4 Å². The molecule has 282 valence electrons. The van der Waals surface area contributed by atoms with Crippen molar-refractivity contribution in [1.29, 1.82) is 0 Å². The molecule has 52 heavy (non-hydrogen) atoms. The van der Waals surface area contributed by atoms with E-state index < -0.39 is 64.1 Å². The molecule has 1 aromatic heterocycles. The van der Waals surface area contributed by atoms with Crippen LogP contribution < -0.4 is 24.8 Å². The highest BCUT2D eigenvalue weighted by Gasteiger charge is 2.61. The molecular formula is C37H50N6O8S. The van der Waals surface area contributed by atoms with E-state index in [-0.39, 0.29) is 41.8 Å². The van der Waals surface area contributed by atoms with Gasteiger partial charge in [-0.15, -0.1) is 0 Å². The first-order chi connectivity index (χ1) is 24.7. The summed E-state index contributed by atoms with van der Waals surface area (Å²) < 4.78 is 32.5. The Morgan fingerprint density at radius 2 is 1.85 bits per heavy atom. The second-order valence-electron chi connectivity index (χ2n) is 15.6. The van der Waals surface area contributed by atoms with Crippen molar-refractivity contribution in [1.82, 2.24) is 30.2 Å². The predicted molar refractivity (Wildman–Crippen MR) is 193 cm³/mol. The minimum Gasteiger partial charge on any atom is -0.497 e. The highest BCUT2D eigenvalue weighted by Crippen LogP contribution is 2.46. The molecule has 3 N–H and O–H groups in total. The molecule has 8 atom stereocenters. The van der Waals surface area contributed by atoms with Gasteiger partial charge in [0, 0.05) is 18.4 Å². The lowest BCUT2D eigenvalue weighted by Crippen LogP contribution is -2.59. The first kappa shape index (κ1) is 37.5. The van der Waals surface area contributed by atoms with Gasteiger partial charge < -0.3 is 29.7 Å². The SMILES string of the molecule is COc1ccc2nc(O[C@@H]3C[C@H]4C(=O)N[C@]5(C(=O)NS(=O)C6CC6)C[C@H]5/C=C\[C@@H](C)CCC[C@@H](C)[C@H](NC(=O)OC(C)(C)C)C(=O)N4C3)cnc2c1. The summed E-state index contributed by atoms with van der Waals surface area (Å²) in [5.74, 6) is -1.06. The molecule has 1 aromatic carbocycles.